The minimum absolute atomic E-state index is 0.188. The molecule has 0 atom stereocenters. The summed E-state index contributed by atoms with van der Waals surface area (Å²) in [6.45, 7) is 3.69. The van der Waals surface area contributed by atoms with Crippen molar-refractivity contribution in [3.8, 4) is 11.4 Å². The Hall–Kier alpha value is -2.63. The number of aryl methyl sites for hydroxylation is 2. The molecular formula is C13H13N5O. The van der Waals surface area contributed by atoms with E-state index in [1.54, 1.807) is 6.92 Å². The SMILES string of the molecule is Cc1cc(=O)n2[nH]c(-c3cccc(C)c3N)nc2n1. The third-order valence-corrected chi connectivity index (χ3v) is 3.04. The largest absolute Gasteiger partial charge is 0.398 e. The van der Waals surface area contributed by atoms with Gasteiger partial charge >= 0.3 is 0 Å². The molecule has 0 unspecified atom stereocenters. The smallest absolute Gasteiger partial charge is 0.274 e. The molecule has 0 aliphatic carbocycles. The van der Waals surface area contributed by atoms with Crippen LogP contribution in [-0.4, -0.2) is 19.6 Å². The van der Waals surface area contributed by atoms with Crippen LogP contribution >= 0.6 is 0 Å². The fraction of sp³-hybridized carbons (Fsp3) is 0.154. The number of anilines is 1. The average molecular weight is 255 g/mol. The summed E-state index contributed by atoms with van der Waals surface area (Å²) in [5.74, 6) is 0.886. The molecule has 0 saturated heterocycles. The van der Waals surface area contributed by atoms with Gasteiger partial charge in [-0.05, 0) is 25.5 Å². The molecule has 6 nitrogen and oxygen atoms in total. The van der Waals surface area contributed by atoms with Gasteiger partial charge in [-0.15, -0.1) is 0 Å². The first-order valence-corrected chi connectivity index (χ1v) is 5.88. The molecule has 0 amide bonds. The Morgan fingerprint density at radius 1 is 1.26 bits per heavy atom. The zero-order valence-corrected chi connectivity index (χ0v) is 10.6. The minimum atomic E-state index is -0.188. The van der Waals surface area contributed by atoms with Gasteiger partial charge in [-0.1, -0.05) is 12.1 Å². The molecule has 1 aromatic carbocycles. The van der Waals surface area contributed by atoms with Gasteiger partial charge in [0.05, 0.1) is 0 Å². The molecule has 0 spiro atoms. The fourth-order valence-electron chi connectivity index (χ4n) is 2.00. The van der Waals surface area contributed by atoms with E-state index in [4.69, 9.17) is 5.73 Å². The molecule has 0 bridgehead atoms. The van der Waals surface area contributed by atoms with Gasteiger partial charge in [0.1, 0.15) is 0 Å². The highest BCUT2D eigenvalue weighted by Crippen LogP contribution is 2.25. The van der Waals surface area contributed by atoms with E-state index >= 15 is 0 Å². The van der Waals surface area contributed by atoms with Gasteiger partial charge in [0.15, 0.2) is 5.82 Å². The van der Waals surface area contributed by atoms with E-state index in [0.29, 0.717) is 23.0 Å². The maximum absolute atomic E-state index is 11.8. The van der Waals surface area contributed by atoms with Gasteiger partial charge in [0.25, 0.3) is 11.3 Å². The number of rotatable bonds is 1. The number of aromatic amines is 1. The molecule has 0 radical (unpaired) electrons. The average Bonchev–Trinajstić information content (AvgIpc) is 2.76. The highest BCUT2D eigenvalue weighted by atomic mass is 16.1. The summed E-state index contributed by atoms with van der Waals surface area (Å²) in [6, 6.07) is 7.14. The standard InChI is InChI=1S/C13H13N5O/c1-7-4-3-5-9(11(7)14)12-16-13-15-8(2)6-10(19)18(13)17-12/h3-6H,14H2,1-2H3,(H,15,16,17). The van der Waals surface area contributed by atoms with Crippen LogP contribution in [0, 0.1) is 13.8 Å². The number of nitrogens with one attached hydrogen (secondary N) is 1. The lowest BCUT2D eigenvalue weighted by molar-refractivity contribution is 0.892. The summed E-state index contributed by atoms with van der Waals surface area (Å²) >= 11 is 0. The van der Waals surface area contributed by atoms with Gasteiger partial charge in [0, 0.05) is 23.0 Å². The number of hydrogen-bond donors (Lipinski definition) is 2. The topological polar surface area (TPSA) is 89.1 Å². The van der Waals surface area contributed by atoms with Crippen LogP contribution in [0.4, 0.5) is 5.69 Å². The second-order valence-electron chi connectivity index (χ2n) is 4.48. The lowest BCUT2D eigenvalue weighted by Gasteiger charge is -2.04. The number of aromatic nitrogens is 4. The van der Waals surface area contributed by atoms with Crippen LogP contribution in [0.5, 0.6) is 0 Å². The van der Waals surface area contributed by atoms with E-state index in [0.717, 1.165) is 11.1 Å². The maximum atomic E-state index is 11.8. The fourth-order valence-corrected chi connectivity index (χ4v) is 2.00. The van der Waals surface area contributed by atoms with E-state index in [1.165, 1.54) is 10.6 Å². The van der Waals surface area contributed by atoms with Crippen molar-refractivity contribution in [2.75, 3.05) is 5.73 Å². The number of H-pyrrole nitrogens is 1. The van der Waals surface area contributed by atoms with Crippen LogP contribution in [0.25, 0.3) is 17.2 Å². The molecule has 3 N–H and O–H groups in total. The molecule has 2 heterocycles. The summed E-state index contributed by atoms with van der Waals surface area (Å²) < 4.78 is 1.31. The molecular weight excluding hydrogens is 242 g/mol. The van der Waals surface area contributed by atoms with Crippen LogP contribution < -0.4 is 11.3 Å². The van der Waals surface area contributed by atoms with Crippen LogP contribution in [0.15, 0.2) is 29.1 Å². The third kappa shape index (κ3) is 1.77. The highest BCUT2D eigenvalue weighted by Gasteiger charge is 2.11. The van der Waals surface area contributed by atoms with Crippen LogP contribution in [0.1, 0.15) is 11.3 Å². The Kier molecular flexibility index (Phi) is 2.38. The summed E-state index contributed by atoms with van der Waals surface area (Å²) in [6.07, 6.45) is 0. The number of benzene rings is 1. The predicted octanol–water partition coefficient (Wildman–Crippen LogP) is 1.28. The van der Waals surface area contributed by atoms with Gasteiger partial charge in [0.2, 0.25) is 0 Å². The molecule has 0 fully saturated rings. The lowest BCUT2D eigenvalue weighted by atomic mass is 10.1. The van der Waals surface area contributed by atoms with Crippen molar-refractivity contribution in [1.82, 2.24) is 19.6 Å². The van der Waals surface area contributed by atoms with Crippen LogP contribution in [-0.2, 0) is 0 Å². The van der Waals surface area contributed by atoms with Gasteiger partial charge < -0.3 is 5.73 Å². The molecule has 2 aromatic heterocycles. The Morgan fingerprint density at radius 2 is 2.05 bits per heavy atom. The number of para-hydroxylation sites is 1. The zero-order chi connectivity index (χ0) is 13.6. The van der Waals surface area contributed by atoms with E-state index in [1.807, 2.05) is 25.1 Å². The Morgan fingerprint density at radius 3 is 2.84 bits per heavy atom. The maximum Gasteiger partial charge on any atom is 0.274 e. The molecule has 6 heteroatoms. The summed E-state index contributed by atoms with van der Waals surface area (Å²) in [7, 11) is 0. The van der Waals surface area contributed by atoms with Crippen LogP contribution in [0.3, 0.4) is 0 Å². The van der Waals surface area contributed by atoms with Crippen molar-refractivity contribution < 1.29 is 0 Å². The minimum Gasteiger partial charge on any atom is -0.398 e. The van der Waals surface area contributed by atoms with E-state index in [-0.39, 0.29) is 5.56 Å². The quantitative estimate of drug-likeness (QED) is 0.641. The second-order valence-corrected chi connectivity index (χ2v) is 4.48. The molecule has 0 aliphatic rings. The summed E-state index contributed by atoms with van der Waals surface area (Å²) in [4.78, 5) is 20.4. The number of hydrogen-bond acceptors (Lipinski definition) is 4. The van der Waals surface area contributed by atoms with Crippen molar-refractivity contribution in [2.24, 2.45) is 0 Å². The first-order valence-electron chi connectivity index (χ1n) is 5.88. The van der Waals surface area contributed by atoms with Gasteiger partial charge in [-0.3, -0.25) is 9.89 Å². The van der Waals surface area contributed by atoms with E-state index in [2.05, 4.69) is 15.1 Å². The second kappa shape index (κ2) is 3.94. The van der Waals surface area contributed by atoms with Crippen molar-refractivity contribution in [3.05, 3.63) is 45.9 Å². The van der Waals surface area contributed by atoms with E-state index in [9.17, 15) is 4.79 Å². The third-order valence-electron chi connectivity index (χ3n) is 3.04. The number of nitrogen functional groups attached to an aromatic ring is 1. The van der Waals surface area contributed by atoms with Crippen molar-refractivity contribution in [1.29, 1.82) is 0 Å². The molecule has 3 aromatic rings. The number of nitrogens with two attached hydrogens (primary N) is 1. The molecule has 3 rings (SSSR count). The first kappa shape index (κ1) is 11.5. The normalized spacial score (nSPS) is 11.1. The molecule has 0 saturated carbocycles. The van der Waals surface area contributed by atoms with Crippen molar-refractivity contribution in [3.63, 3.8) is 0 Å². The Balaban J connectivity index is 2.30. The number of fused-ring (bicyclic) bond motifs is 1. The molecule has 19 heavy (non-hydrogen) atoms. The van der Waals surface area contributed by atoms with E-state index < -0.39 is 0 Å². The monoisotopic (exact) mass is 255 g/mol. The molecule has 0 aliphatic heterocycles. The lowest BCUT2D eigenvalue weighted by Crippen LogP contribution is -2.14. The number of nitrogens with zero attached hydrogens (tertiary/aromatic N) is 3. The van der Waals surface area contributed by atoms with Crippen LogP contribution in [0.2, 0.25) is 0 Å². The Bertz CT molecular complexity index is 831. The summed E-state index contributed by atoms with van der Waals surface area (Å²) in [5.41, 5.74) is 8.87. The van der Waals surface area contributed by atoms with Crippen molar-refractivity contribution >= 4 is 11.5 Å². The van der Waals surface area contributed by atoms with Gasteiger partial charge in [-0.25, -0.2) is 4.98 Å². The highest BCUT2D eigenvalue weighted by molar-refractivity contribution is 5.74. The Labute approximate surface area is 108 Å². The van der Waals surface area contributed by atoms with Gasteiger partial charge in [-0.2, -0.15) is 9.50 Å². The van der Waals surface area contributed by atoms with Crippen molar-refractivity contribution in [2.45, 2.75) is 13.8 Å². The first-order chi connectivity index (χ1) is 9.06. The predicted molar refractivity (Wildman–Crippen MR) is 72.9 cm³/mol. The summed E-state index contributed by atoms with van der Waals surface area (Å²) in [5, 5.41) is 2.93. The molecule has 96 valence electrons. The zero-order valence-electron chi connectivity index (χ0n) is 10.6.